The molecule has 1 amide bonds. The monoisotopic (exact) mass is 302 g/mol. The van der Waals surface area contributed by atoms with Crippen LogP contribution < -0.4 is 5.32 Å². The number of hydrogen-bond donors (Lipinski definition) is 1. The molecule has 0 aliphatic heterocycles. The number of carbonyl (C=O) groups excluding carboxylic acids is 1. The summed E-state index contributed by atoms with van der Waals surface area (Å²) in [4.78, 5) is 13.9. The maximum atomic E-state index is 12.8. The van der Waals surface area contributed by atoms with Crippen LogP contribution in [0.5, 0.6) is 0 Å². The van der Waals surface area contributed by atoms with Crippen molar-refractivity contribution in [2.75, 3.05) is 19.4 Å². The van der Waals surface area contributed by atoms with Crippen molar-refractivity contribution in [1.82, 2.24) is 4.90 Å². The highest BCUT2D eigenvalue weighted by atomic mass is 19.4. The molecule has 1 atom stereocenters. The molecule has 0 saturated carbocycles. The molecule has 3 nitrogen and oxygen atoms in total. The van der Waals surface area contributed by atoms with Gasteiger partial charge in [-0.15, -0.1) is 0 Å². The lowest BCUT2D eigenvalue weighted by Crippen LogP contribution is -2.38. The Balaban J connectivity index is 3.24. The number of rotatable bonds is 4. The fraction of sp³-hybridized carbons (Fsp3) is 0.533. The fourth-order valence-electron chi connectivity index (χ4n) is 1.94. The summed E-state index contributed by atoms with van der Waals surface area (Å²) in [6.07, 6.45) is -4.47. The highest BCUT2D eigenvalue weighted by Gasteiger charge is 2.32. The lowest BCUT2D eigenvalue weighted by atomic mass is 10.0. The van der Waals surface area contributed by atoms with E-state index >= 15 is 0 Å². The highest BCUT2D eigenvalue weighted by Crippen LogP contribution is 2.32. The maximum Gasteiger partial charge on any atom is 0.416 e. The Bertz CT molecular complexity index is 512. The average molecular weight is 302 g/mol. The minimum absolute atomic E-state index is 0.0299. The zero-order valence-electron chi connectivity index (χ0n) is 12.9. The Morgan fingerprint density at radius 2 is 1.81 bits per heavy atom. The second kappa shape index (κ2) is 6.37. The van der Waals surface area contributed by atoms with E-state index in [0.717, 1.165) is 12.1 Å². The number of carbonyl (C=O) groups is 1. The van der Waals surface area contributed by atoms with Gasteiger partial charge < -0.3 is 10.2 Å². The van der Waals surface area contributed by atoms with Crippen molar-refractivity contribution in [3.8, 4) is 0 Å². The molecule has 0 bridgehead atoms. The number of alkyl halides is 3. The van der Waals surface area contributed by atoms with Crippen LogP contribution in [0.25, 0.3) is 0 Å². The summed E-state index contributed by atoms with van der Waals surface area (Å²) >= 11 is 0. The first-order valence-electron chi connectivity index (χ1n) is 6.75. The van der Waals surface area contributed by atoms with Crippen molar-refractivity contribution < 1.29 is 18.0 Å². The van der Waals surface area contributed by atoms with Gasteiger partial charge in [-0.05, 0) is 31.0 Å². The van der Waals surface area contributed by atoms with Crippen LogP contribution in [0.15, 0.2) is 18.2 Å². The van der Waals surface area contributed by atoms with Crippen LogP contribution in [-0.4, -0.2) is 30.9 Å². The molecule has 0 aliphatic rings. The van der Waals surface area contributed by atoms with Gasteiger partial charge in [-0.2, -0.15) is 13.2 Å². The van der Waals surface area contributed by atoms with Crippen LogP contribution in [0.1, 0.15) is 36.7 Å². The number of nitrogens with one attached hydrogen (secondary N) is 1. The molecule has 118 valence electrons. The van der Waals surface area contributed by atoms with E-state index in [1.165, 1.54) is 11.0 Å². The molecule has 0 aliphatic carbocycles. The molecule has 0 aromatic heterocycles. The van der Waals surface area contributed by atoms with E-state index < -0.39 is 17.6 Å². The van der Waals surface area contributed by atoms with Gasteiger partial charge in [0.2, 0.25) is 0 Å². The molecule has 0 radical (unpaired) electrons. The maximum absolute atomic E-state index is 12.8. The van der Waals surface area contributed by atoms with Gasteiger partial charge in [-0.1, -0.05) is 13.8 Å². The molecule has 0 fully saturated rings. The molecule has 6 heteroatoms. The van der Waals surface area contributed by atoms with Crippen LogP contribution in [0.3, 0.4) is 0 Å². The first-order valence-corrected chi connectivity index (χ1v) is 6.75. The van der Waals surface area contributed by atoms with Gasteiger partial charge in [-0.3, -0.25) is 4.79 Å². The number of hydrogen-bond acceptors (Lipinski definition) is 2. The molecule has 1 aromatic carbocycles. The number of amides is 1. The predicted octanol–water partition coefficient (Wildman–Crippen LogP) is 3.86. The van der Waals surface area contributed by atoms with Crippen molar-refractivity contribution in [3.05, 3.63) is 29.3 Å². The van der Waals surface area contributed by atoms with Crippen LogP contribution in [-0.2, 0) is 6.18 Å². The molecule has 1 rings (SSSR count). The van der Waals surface area contributed by atoms with E-state index in [1.54, 1.807) is 14.1 Å². The van der Waals surface area contributed by atoms with Crippen LogP contribution in [0.2, 0.25) is 0 Å². The average Bonchev–Trinajstić information content (AvgIpc) is 2.42. The number of halogens is 3. The van der Waals surface area contributed by atoms with E-state index in [9.17, 15) is 18.0 Å². The molecule has 0 heterocycles. The summed E-state index contributed by atoms with van der Waals surface area (Å²) < 4.78 is 38.4. The zero-order valence-corrected chi connectivity index (χ0v) is 12.9. The third-order valence-corrected chi connectivity index (χ3v) is 3.74. The first kappa shape index (κ1) is 17.3. The molecular formula is C15H21F3N2O. The molecule has 1 N–H and O–H groups in total. The largest absolute Gasteiger partial charge is 0.416 e. The van der Waals surface area contributed by atoms with Crippen LogP contribution >= 0.6 is 0 Å². The van der Waals surface area contributed by atoms with Crippen molar-refractivity contribution >= 4 is 11.6 Å². The summed E-state index contributed by atoms with van der Waals surface area (Å²) in [5.41, 5.74) is -0.409. The first-order chi connectivity index (χ1) is 9.59. The minimum Gasteiger partial charge on any atom is -0.387 e. The Hall–Kier alpha value is -1.72. The summed E-state index contributed by atoms with van der Waals surface area (Å²) in [6, 6.07) is 3.08. The lowest BCUT2D eigenvalue weighted by molar-refractivity contribution is -0.137. The number of benzene rings is 1. The van der Waals surface area contributed by atoms with Gasteiger partial charge >= 0.3 is 6.18 Å². The fourth-order valence-corrected chi connectivity index (χ4v) is 1.94. The second-order valence-electron chi connectivity index (χ2n) is 5.41. The number of nitrogens with zero attached hydrogens (tertiary/aromatic N) is 1. The summed E-state index contributed by atoms with van der Waals surface area (Å²) in [6.45, 7) is 5.79. The topological polar surface area (TPSA) is 32.3 Å². The van der Waals surface area contributed by atoms with E-state index in [1.807, 2.05) is 20.8 Å². The van der Waals surface area contributed by atoms with Gasteiger partial charge in [0.15, 0.2) is 0 Å². The van der Waals surface area contributed by atoms with Crippen molar-refractivity contribution in [1.29, 1.82) is 0 Å². The van der Waals surface area contributed by atoms with Gasteiger partial charge in [0.05, 0.1) is 11.1 Å². The summed E-state index contributed by atoms with van der Waals surface area (Å²) in [5, 5.41) is 2.76. The molecule has 21 heavy (non-hydrogen) atoms. The Kier molecular flexibility index (Phi) is 5.25. The third kappa shape index (κ3) is 3.89. The van der Waals surface area contributed by atoms with Crippen molar-refractivity contribution in [3.63, 3.8) is 0 Å². The summed E-state index contributed by atoms with van der Waals surface area (Å²) in [5.74, 6) is -0.213. The van der Waals surface area contributed by atoms with Gasteiger partial charge in [0, 0.05) is 25.8 Å². The van der Waals surface area contributed by atoms with Crippen molar-refractivity contribution in [2.24, 2.45) is 5.92 Å². The van der Waals surface area contributed by atoms with E-state index in [2.05, 4.69) is 5.32 Å². The molecule has 0 spiro atoms. The molecular weight excluding hydrogens is 281 g/mol. The van der Waals surface area contributed by atoms with Gasteiger partial charge in [-0.25, -0.2) is 0 Å². The normalized spacial score (nSPS) is 13.2. The van der Waals surface area contributed by atoms with Crippen molar-refractivity contribution in [2.45, 2.75) is 33.0 Å². The molecule has 1 aromatic rings. The minimum atomic E-state index is -4.47. The SMILES string of the molecule is CNc1ccc(C(F)(F)F)cc1C(=O)N(C)C(C)C(C)C. The van der Waals surface area contributed by atoms with E-state index in [-0.39, 0.29) is 17.5 Å². The molecule has 0 saturated heterocycles. The number of anilines is 1. The zero-order chi connectivity index (χ0) is 16.4. The van der Waals surface area contributed by atoms with Gasteiger partial charge in [0.1, 0.15) is 0 Å². The quantitative estimate of drug-likeness (QED) is 0.916. The van der Waals surface area contributed by atoms with Crippen LogP contribution in [0.4, 0.5) is 18.9 Å². The van der Waals surface area contributed by atoms with Crippen LogP contribution in [0, 0.1) is 5.92 Å². The van der Waals surface area contributed by atoms with Gasteiger partial charge in [0.25, 0.3) is 5.91 Å². The Morgan fingerprint density at radius 1 is 1.24 bits per heavy atom. The summed E-state index contributed by atoms with van der Waals surface area (Å²) in [7, 11) is 3.18. The standard InChI is InChI=1S/C15H21F3N2O/c1-9(2)10(3)20(5)14(21)12-8-11(15(16,17)18)6-7-13(12)19-4/h6-10,19H,1-5H3. The highest BCUT2D eigenvalue weighted by molar-refractivity contribution is 5.99. The van der Waals surface area contributed by atoms with E-state index in [4.69, 9.17) is 0 Å². The Labute approximate surface area is 123 Å². The predicted molar refractivity (Wildman–Crippen MR) is 77.4 cm³/mol. The van der Waals surface area contributed by atoms with E-state index in [0.29, 0.717) is 5.69 Å². The lowest BCUT2D eigenvalue weighted by Gasteiger charge is -2.29. The third-order valence-electron chi connectivity index (χ3n) is 3.74. The Morgan fingerprint density at radius 3 is 2.24 bits per heavy atom. The second-order valence-corrected chi connectivity index (χ2v) is 5.41. The molecule has 1 unspecified atom stereocenters. The smallest absolute Gasteiger partial charge is 0.387 e.